The summed E-state index contributed by atoms with van der Waals surface area (Å²) in [6, 6.07) is 91.1. The summed E-state index contributed by atoms with van der Waals surface area (Å²) in [7, 11) is 0. The molecule has 0 N–H and O–H groups in total. The SMILES string of the molecule is N#CCC(=O)c1ccccc1.N#Cc1c(-c2ccccc2)nc(-c2ccccc2)c(C#N)c1-c1ccc(N(c2ccccc2)c2ccccc2)cc1.O=Cc1ccc(N(c2ccccc2)c2ccccc2)cc1. The summed E-state index contributed by atoms with van der Waals surface area (Å²) in [6.07, 6.45) is 0.823. The van der Waals surface area contributed by atoms with Crippen LogP contribution in [0.4, 0.5) is 34.1 Å². The fraction of sp³-hybridized carbons (Fsp3) is 0.0154. The molecule has 8 heteroatoms. The number of carbonyl (C=O) groups excluding carboxylic acids is 2. The molecule has 1 heterocycles. The molecule has 8 nitrogen and oxygen atoms in total. The second kappa shape index (κ2) is 24.7. The first kappa shape index (κ1) is 49.0. The van der Waals surface area contributed by atoms with E-state index in [1.165, 1.54) is 0 Å². The van der Waals surface area contributed by atoms with E-state index in [0.29, 0.717) is 39.2 Å². The van der Waals surface area contributed by atoms with Crippen LogP contribution in [-0.2, 0) is 0 Å². The minimum absolute atomic E-state index is 0.0377. The predicted octanol–water partition coefficient (Wildman–Crippen LogP) is 16.0. The van der Waals surface area contributed by atoms with Crippen LogP contribution < -0.4 is 9.80 Å². The molecule has 10 aromatic rings. The second-order valence-electron chi connectivity index (χ2n) is 16.3. The maximum absolute atomic E-state index is 11.0. The number of rotatable bonds is 12. The van der Waals surface area contributed by atoms with E-state index >= 15 is 0 Å². The van der Waals surface area contributed by atoms with Gasteiger partial charge >= 0.3 is 0 Å². The molecule has 0 atom stereocenters. The van der Waals surface area contributed by atoms with Gasteiger partial charge in [-0.25, -0.2) is 4.98 Å². The Kier molecular flexibility index (Phi) is 16.6. The summed E-state index contributed by atoms with van der Waals surface area (Å²) in [6.45, 7) is 0. The summed E-state index contributed by atoms with van der Waals surface area (Å²) in [5.74, 6) is -0.117. The molecule has 73 heavy (non-hydrogen) atoms. The smallest absolute Gasteiger partial charge is 0.176 e. The van der Waals surface area contributed by atoms with Gasteiger partial charge in [-0.05, 0) is 90.5 Å². The van der Waals surface area contributed by atoms with E-state index in [0.717, 1.165) is 57.1 Å². The van der Waals surface area contributed by atoms with Crippen molar-refractivity contribution in [2.75, 3.05) is 9.80 Å². The third kappa shape index (κ3) is 12.1. The minimum Gasteiger partial charge on any atom is -0.311 e. The first-order chi connectivity index (χ1) is 36.0. The van der Waals surface area contributed by atoms with E-state index in [1.807, 2.05) is 194 Å². The van der Waals surface area contributed by atoms with Gasteiger partial charge in [-0.15, -0.1) is 0 Å². The molecule has 0 fully saturated rings. The normalized spacial score (nSPS) is 10.0. The van der Waals surface area contributed by atoms with Gasteiger partial charge in [0.05, 0.1) is 35.0 Å². The molecular weight excluding hydrogens is 897 g/mol. The Bertz CT molecular complexity index is 3350. The first-order valence-corrected chi connectivity index (χ1v) is 23.4. The van der Waals surface area contributed by atoms with Gasteiger partial charge in [0.15, 0.2) is 5.78 Å². The molecule has 9 aromatic carbocycles. The van der Waals surface area contributed by atoms with Crippen molar-refractivity contribution in [2.24, 2.45) is 0 Å². The standard InChI is InChI=1S/C37H24N4.C19H15NO.C9H7NO/c38-25-33-35(34(26-39)37(29-15-7-2-8-16-29)40-36(33)28-13-5-1-6-14-28)27-21-23-32(24-22-27)41(30-17-9-3-10-18-30)31-19-11-4-12-20-31;21-15-16-11-13-19(14-12-16)20(17-7-3-1-4-8-17)18-9-5-2-6-10-18;10-7-6-9(11)8-4-2-1-3-5-8/h1-24H;1-15H;1-5H,6H2. The van der Waals surface area contributed by atoms with Crippen LogP contribution in [0, 0.1) is 34.0 Å². The van der Waals surface area contributed by atoms with E-state index in [9.17, 15) is 20.1 Å². The van der Waals surface area contributed by atoms with Crippen molar-refractivity contribution in [1.29, 1.82) is 15.8 Å². The van der Waals surface area contributed by atoms with E-state index in [2.05, 4.69) is 70.5 Å². The Morgan fingerprint density at radius 3 is 1.04 bits per heavy atom. The molecule has 1 aromatic heterocycles. The summed E-state index contributed by atoms with van der Waals surface area (Å²) in [4.78, 5) is 31.1. The average molecular weight is 943 g/mol. The van der Waals surface area contributed by atoms with E-state index in [-0.39, 0.29) is 12.2 Å². The quantitative estimate of drug-likeness (QED) is 0.0876. The van der Waals surface area contributed by atoms with Crippen LogP contribution in [0.5, 0.6) is 0 Å². The van der Waals surface area contributed by atoms with E-state index < -0.39 is 0 Å². The maximum Gasteiger partial charge on any atom is 0.176 e. The monoisotopic (exact) mass is 942 g/mol. The maximum atomic E-state index is 11.0. The summed E-state index contributed by atoms with van der Waals surface area (Å²) in [5.41, 5.74) is 12.4. The molecule has 0 spiro atoms. The molecule has 10 rings (SSSR count). The summed E-state index contributed by atoms with van der Waals surface area (Å²) in [5, 5.41) is 29.1. The molecule has 0 radical (unpaired) electrons. The fourth-order valence-electron chi connectivity index (χ4n) is 8.18. The van der Waals surface area contributed by atoms with Crippen molar-refractivity contribution in [3.63, 3.8) is 0 Å². The molecule has 348 valence electrons. The molecule has 0 saturated heterocycles. The van der Waals surface area contributed by atoms with Crippen LogP contribution >= 0.6 is 0 Å². The van der Waals surface area contributed by atoms with E-state index in [4.69, 9.17) is 10.2 Å². The molecule has 0 unspecified atom stereocenters. The van der Waals surface area contributed by atoms with Crippen molar-refractivity contribution in [2.45, 2.75) is 6.42 Å². The van der Waals surface area contributed by atoms with Crippen LogP contribution in [0.3, 0.4) is 0 Å². The highest BCUT2D eigenvalue weighted by atomic mass is 16.1. The second-order valence-corrected chi connectivity index (χ2v) is 16.3. The Morgan fingerprint density at radius 1 is 0.397 bits per heavy atom. The molecule has 0 amide bonds. The number of hydrogen-bond acceptors (Lipinski definition) is 8. The summed E-state index contributed by atoms with van der Waals surface area (Å²) >= 11 is 0. The van der Waals surface area contributed by atoms with Gasteiger partial charge < -0.3 is 9.80 Å². The topological polar surface area (TPSA) is 125 Å². The van der Waals surface area contributed by atoms with Gasteiger partial charge in [0.1, 0.15) is 18.4 Å². The number of Topliss-reactive ketones (excluding diaryl/α,β-unsaturated/α-hetero) is 1. The largest absolute Gasteiger partial charge is 0.311 e. The Labute approximate surface area is 425 Å². The van der Waals surface area contributed by atoms with Gasteiger partial charge in [0.25, 0.3) is 0 Å². The highest BCUT2D eigenvalue weighted by molar-refractivity contribution is 5.97. The number of anilines is 6. The highest BCUT2D eigenvalue weighted by Gasteiger charge is 2.24. The zero-order valence-corrected chi connectivity index (χ0v) is 39.6. The zero-order valence-electron chi connectivity index (χ0n) is 39.6. The van der Waals surface area contributed by atoms with Gasteiger partial charge in [0, 0.05) is 61.9 Å². The minimum atomic E-state index is -0.117. The molecule has 0 aliphatic rings. The Morgan fingerprint density at radius 2 is 0.712 bits per heavy atom. The lowest BCUT2D eigenvalue weighted by Crippen LogP contribution is -2.09. The van der Waals surface area contributed by atoms with Gasteiger partial charge in [-0.3, -0.25) is 9.59 Å². The van der Waals surface area contributed by atoms with Gasteiger partial charge in [-0.2, -0.15) is 15.8 Å². The van der Waals surface area contributed by atoms with Crippen molar-refractivity contribution in [3.05, 3.63) is 283 Å². The number of ketones is 1. The lowest BCUT2D eigenvalue weighted by atomic mass is 9.89. The van der Waals surface area contributed by atoms with Crippen LogP contribution in [0.2, 0.25) is 0 Å². The number of nitriles is 3. The van der Waals surface area contributed by atoms with Crippen LogP contribution in [0.1, 0.15) is 38.3 Å². The Balaban J connectivity index is 0.000000183. The lowest BCUT2D eigenvalue weighted by molar-refractivity contribution is 0.0997. The van der Waals surface area contributed by atoms with Crippen molar-refractivity contribution >= 4 is 46.2 Å². The molecule has 0 aliphatic carbocycles. The summed E-state index contributed by atoms with van der Waals surface area (Å²) < 4.78 is 0. The van der Waals surface area contributed by atoms with Crippen molar-refractivity contribution in [3.8, 4) is 51.8 Å². The van der Waals surface area contributed by atoms with Crippen molar-refractivity contribution in [1.82, 2.24) is 4.98 Å². The fourth-order valence-corrected chi connectivity index (χ4v) is 8.18. The molecule has 0 aliphatic heterocycles. The molecule has 0 saturated carbocycles. The van der Waals surface area contributed by atoms with Crippen LogP contribution in [0.25, 0.3) is 33.6 Å². The first-order valence-electron chi connectivity index (χ1n) is 23.4. The van der Waals surface area contributed by atoms with Crippen LogP contribution in [-0.4, -0.2) is 17.1 Å². The molecular formula is C65H46N6O2. The van der Waals surface area contributed by atoms with Gasteiger partial charge in [-0.1, -0.05) is 176 Å². The number of aromatic nitrogens is 1. The Hall–Kier alpha value is -10.5. The van der Waals surface area contributed by atoms with E-state index in [1.54, 1.807) is 24.3 Å². The number of nitrogens with zero attached hydrogens (tertiary/aromatic N) is 6. The zero-order chi connectivity index (χ0) is 50.6. The number of hydrogen-bond donors (Lipinski definition) is 0. The molecule has 0 bridgehead atoms. The lowest BCUT2D eigenvalue weighted by Gasteiger charge is -2.25. The highest BCUT2D eigenvalue weighted by Crippen LogP contribution is 2.41. The predicted molar refractivity (Wildman–Crippen MR) is 292 cm³/mol. The number of aldehydes is 1. The van der Waals surface area contributed by atoms with Crippen LogP contribution in [0.15, 0.2) is 261 Å². The number of para-hydroxylation sites is 4. The number of benzene rings is 9. The number of pyridine rings is 1. The third-order valence-corrected chi connectivity index (χ3v) is 11.6. The van der Waals surface area contributed by atoms with Gasteiger partial charge in [0.2, 0.25) is 0 Å². The third-order valence-electron chi connectivity index (χ3n) is 11.6. The van der Waals surface area contributed by atoms with Crippen molar-refractivity contribution < 1.29 is 9.59 Å². The average Bonchev–Trinajstić information content (AvgIpc) is 3.47. The number of carbonyl (C=O) groups is 2.